The first-order valence-electron chi connectivity index (χ1n) is 11.5. The number of amides is 2. The summed E-state index contributed by atoms with van der Waals surface area (Å²) in [6.07, 6.45) is 1.35. The van der Waals surface area contributed by atoms with Crippen molar-refractivity contribution in [3.63, 3.8) is 0 Å². The second kappa shape index (κ2) is 9.92. The van der Waals surface area contributed by atoms with E-state index >= 15 is 0 Å². The van der Waals surface area contributed by atoms with Crippen LogP contribution >= 0.6 is 11.8 Å². The largest absolute Gasteiger partial charge is 0.330 e. The van der Waals surface area contributed by atoms with E-state index in [1.165, 1.54) is 17.8 Å². The molecule has 0 saturated carbocycles. The molecule has 6 nitrogen and oxygen atoms in total. The van der Waals surface area contributed by atoms with E-state index in [1.54, 1.807) is 47.4 Å². The average molecular weight is 489 g/mol. The summed E-state index contributed by atoms with van der Waals surface area (Å²) in [6.45, 7) is 0.537. The Morgan fingerprint density at radius 3 is 2.54 bits per heavy atom. The third-order valence-corrected chi connectivity index (χ3v) is 7.31. The van der Waals surface area contributed by atoms with Crippen LogP contribution in [0.3, 0.4) is 0 Å². The van der Waals surface area contributed by atoms with Gasteiger partial charge in [0.15, 0.2) is 5.16 Å². The molecule has 4 aromatic rings. The number of aryl methyl sites for hydroxylation is 1. The Bertz CT molecular complexity index is 1400. The third kappa shape index (κ3) is 4.66. The van der Waals surface area contributed by atoms with Crippen LogP contribution in [0.2, 0.25) is 0 Å². The van der Waals surface area contributed by atoms with E-state index in [4.69, 9.17) is 0 Å². The Morgan fingerprint density at radius 1 is 1.03 bits per heavy atom. The van der Waals surface area contributed by atoms with Gasteiger partial charge in [-0.1, -0.05) is 60.3 Å². The number of anilines is 1. The van der Waals surface area contributed by atoms with Gasteiger partial charge in [0.1, 0.15) is 11.9 Å². The van der Waals surface area contributed by atoms with Crippen LogP contribution in [0.1, 0.15) is 12.8 Å². The number of hydrogen-bond donors (Lipinski definition) is 1. The van der Waals surface area contributed by atoms with Crippen LogP contribution in [0.15, 0.2) is 78.0 Å². The Labute approximate surface area is 207 Å². The summed E-state index contributed by atoms with van der Waals surface area (Å²) in [4.78, 5) is 32.6. The summed E-state index contributed by atoms with van der Waals surface area (Å²) in [5.74, 6) is -0.507. The molecule has 0 bridgehead atoms. The molecule has 2 amide bonds. The zero-order chi connectivity index (χ0) is 24.4. The smallest absolute Gasteiger partial charge is 0.247 e. The van der Waals surface area contributed by atoms with Crippen molar-refractivity contribution in [1.29, 1.82) is 0 Å². The summed E-state index contributed by atoms with van der Waals surface area (Å²) < 4.78 is 16.4. The average Bonchev–Trinajstić information content (AvgIpc) is 3.49. The third-order valence-electron chi connectivity index (χ3n) is 6.30. The standard InChI is InChI=1S/C27H25FN4O2S/c1-31-23-14-7-6-13-22(23)30-27(31)35-17-25(33)32-16-8-15-24(32)26(34)29-21-12-5-3-10-19(21)18-9-2-4-11-20(18)28/h2-7,9-14,24H,8,15-17H2,1H3,(H,29,34)/t24-/m0/s1. The van der Waals surface area contributed by atoms with Gasteiger partial charge in [-0.3, -0.25) is 9.59 Å². The fourth-order valence-electron chi connectivity index (χ4n) is 4.52. The van der Waals surface area contributed by atoms with Crippen LogP contribution < -0.4 is 5.32 Å². The number of aromatic nitrogens is 2. The molecule has 2 heterocycles. The molecule has 1 aliphatic heterocycles. The highest BCUT2D eigenvalue weighted by Crippen LogP contribution is 2.31. The van der Waals surface area contributed by atoms with E-state index in [-0.39, 0.29) is 23.4 Å². The van der Waals surface area contributed by atoms with Crippen molar-refractivity contribution in [3.05, 3.63) is 78.6 Å². The number of hydrogen-bond acceptors (Lipinski definition) is 4. The van der Waals surface area contributed by atoms with Crippen molar-refractivity contribution in [2.45, 2.75) is 24.0 Å². The monoisotopic (exact) mass is 488 g/mol. The summed E-state index contributed by atoms with van der Waals surface area (Å²) in [5, 5.41) is 3.70. The zero-order valence-electron chi connectivity index (χ0n) is 19.3. The first-order valence-corrected chi connectivity index (χ1v) is 12.5. The SMILES string of the molecule is Cn1c(SCC(=O)N2CCC[C@H]2C(=O)Nc2ccccc2-c2ccccc2F)nc2ccccc21. The quantitative estimate of drug-likeness (QED) is 0.384. The molecule has 0 aliphatic carbocycles. The number of carbonyl (C=O) groups excluding carboxylic acids is 2. The minimum Gasteiger partial charge on any atom is -0.330 e. The van der Waals surface area contributed by atoms with E-state index in [2.05, 4.69) is 10.3 Å². The summed E-state index contributed by atoms with van der Waals surface area (Å²) >= 11 is 1.37. The lowest BCUT2D eigenvalue weighted by Gasteiger charge is -2.24. The van der Waals surface area contributed by atoms with Gasteiger partial charge in [-0.05, 0) is 37.1 Å². The lowest BCUT2D eigenvalue weighted by atomic mass is 10.0. The number of carbonyl (C=O) groups is 2. The molecule has 0 spiro atoms. The molecule has 0 radical (unpaired) electrons. The number of halogens is 1. The van der Waals surface area contributed by atoms with Crippen molar-refractivity contribution in [2.24, 2.45) is 7.05 Å². The molecular formula is C27H25FN4O2S. The van der Waals surface area contributed by atoms with Gasteiger partial charge in [0.2, 0.25) is 11.8 Å². The van der Waals surface area contributed by atoms with Gasteiger partial charge < -0.3 is 14.8 Å². The zero-order valence-corrected chi connectivity index (χ0v) is 20.1. The van der Waals surface area contributed by atoms with Crippen LogP contribution in [0.5, 0.6) is 0 Å². The van der Waals surface area contributed by atoms with E-state index in [1.807, 2.05) is 35.9 Å². The van der Waals surface area contributed by atoms with Crippen molar-refractivity contribution < 1.29 is 14.0 Å². The molecule has 1 aromatic heterocycles. The van der Waals surface area contributed by atoms with E-state index in [0.717, 1.165) is 22.6 Å². The van der Waals surface area contributed by atoms with Gasteiger partial charge >= 0.3 is 0 Å². The molecular weight excluding hydrogens is 463 g/mol. The molecule has 35 heavy (non-hydrogen) atoms. The van der Waals surface area contributed by atoms with Gasteiger partial charge in [0, 0.05) is 30.4 Å². The number of para-hydroxylation sites is 3. The van der Waals surface area contributed by atoms with E-state index in [9.17, 15) is 14.0 Å². The molecule has 8 heteroatoms. The summed E-state index contributed by atoms with van der Waals surface area (Å²) in [7, 11) is 1.93. The Balaban J connectivity index is 1.28. The molecule has 0 unspecified atom stereocenters. The molecule has 1 fully saturated rings. The molecule has 3 aromatic carbocycles. The fraction of sp³-hybridized carbons (Fsp3) is 0.222. The highest BCUT2D eigenvalue weighted by Gasteiger charge is 2.34. The number of thioether (sulfide) groups is 1. The molecule has 178 valence electrons. The van der Waals surface area contributed by atoms with Crippen LogP contribution in [0.4, 0.5) is 10.1 Å². The number of benzene rings is 3. The van der Waals surface area contributed by atoms with E-state index < -0.39 is 6.04 Å². The number of nitrogens with zero attached hydrogens (tertiary/aromatic N) is 3. The van der Waals surface area contributed by atoms with E-state index in [0.29, 0.717) is 29.8 Å². The number of fused-ring (bicyclic) bond motifs is 1. The molecule has 1 N–H and O–H groups in total. The summed E-state index contributed by atoms with van der Waals surface area (Å²) in [6, 6.07) is 20.9. The number of imidazole rings is 1. The van der Waals surface area contributed by atoms with Gasteiger partial charge in [0.25, 0.3) is 0 Å². The first-order chi connectivity index (χ1) is 17.0. The highest BCUT2D eigenvalue weighted by molar-refractivity contribution is 7.99. The van der Waals surface area contributed by atoms with Gasteiger partial charge in [-0.15, -0.1) is 0 Å². The molecule has 5 rings (SSSR count). The maximum atomic E-state index is 14.4. The lowest BCUT2D eigenvalue weighted by molar-refractivity contribution is -0.134. The maximum absolute atomic E-state index is 14.4. The second-order valence-electron chi connectivity index (χ2n) is 8.49. The van der Waals surface area contributed by atoms with Crippen molar-refractivity contribution in [1.82, 2.24) is 14.5 Å². The van der Waals surface area contributed by atoms with Crippen LogP contribution in [0.25, 0.3) is 22.2 Å². The van der Waals surface area contributed by atoms with Crippen LogP contribution in [0, 0.1) is 5.82 Å². The topological polar surface area (TPSA) is 67.2 Å². The fourth-order valence-corrected chi connectivity index (χ4v) is 5.40. The van der Waals surface area contributed by atoms with Crippen LogP contribution in [-0.2, 0) is 16.6 Å². The predicted octanol–water partition coefficient (Wildman–Crippen LogP) is 5.10. The minimum atomic E-state index is -0.558. The number of nitrogens with one attached hydrogen (secondary N) is 1. The van der Waals surface area contributed by atoms with Gasteiger partial charge in [-0.2, -0.15) is 0 Å². The summed E-state index contributed by atoms with van der Waals surface area (Å²) in [5.41, 5.74) is 3.44. The molecule has 1 atom stereocenters. The predicted molar refractivity (Wildman–Crippen MR) is 137 cm³/mol. The van der Waals surface area contributed by atoms with Crippen LogP contribution in [-0.4, -0.2) is 44.6 Å². The van der Waals surface area contributed by atoms with Crippen molar-refractivity contribution >= 4 is 40.3 Å². The normalized spacial score (nSPS) is 15.5. The highest BCUT2D eigenvalue weighted by atomic mass is 32.2. The molecule has 1 aliphatic rings. The van der Waals surface area contributed by atoms with Gasteiger partial charge in [-0.25, -0.2) is 9.37 Å². The second-order valence-corrected chi connectivity index (χ2v) is 9.43. The Kier molecular flexibility index (Phi) is 6.55. The maximum Gasteiger partial charge on any atom is 0.247 e. The minimum absolute atomic E-state index is 0.0953. The Morgan fingerprint density at radius 2 is 1.74 bits per heavy atom. The van der Waals surface area contributed by atoms with Gasteiger partial charge in [0.05, 0.1) is 16.8 Å². The lowest BCUT2D eigenvalue weighted by Crippen LogP contribution is -2.44. The van der Waals surface area contributed by atoms with Crippen molar-refractivity contribution in [3.8, 4) is 11.1 Å². The number of likely N-dealkylation sites (tertiary alicyclic amines) is 1. The molecule has 1 saturated heterocycles. The van der Waals surface area contributed by atoms with Crippen molar-refractivity contribution in [2.75, 3.05) is 17.6 Å². The first kappa shape index (κ1) is 23.1. The number of rotatable bonds is 6. The Hall–Kier alpha value is -3.65.